The lowest BCUT2D eigenvalue weighted by atomic mass is 10.1. The fraction of sp³-hybridized carbons (Fsp3) is 0.462. The lowest BCUT2D eigenvalue weighted by Crippen LogP contribution is -2.42. The minimum absolute atomic E-state index is 0.0257. The molecule has 1 heterocycles. The number of hydrogen-bond donors (Lipinski definition) is 3. The highest BCUT2D eigenvalue weighted by Gasteiger charge is 2.23. The number of anilines is 1. The Morgan fingerprint density at radius 3 is 2.58 bits per heavy atom. The fourth-order valence-electron chi connectivity index (χ4n) is 2.39. The van der Waals surface area contributed by atoms with Gasteiger partial charge in [-0.25, -0.2) is 13.6 Å². The van der Waals surface area contributed by atoms with Crippen molar-refractivity contribution < 1.29 is 23.2 Å². The Balaban J connectivity index is 2.09. The van der Waals surface area contributed by atoms with Crippen LogP contribution in [0.1, 0.15) is 12.8 Å². The molecule has 1 amide bonds. The van der Waals surface area contributed by atoms with E-state index in [0.29, 0.717) is 25.9 Å². The summed E-state index contributed by atoms with van der Waals surface area (Å²) in [7, 11) is -4.06. The minimum Gasteiger partial charge on any atom is -0.393 e. The fourth-order valence-corrected chi connectivity index (χ4v) is 2.92. The molecular formula is C13H18N4O6S. The number of nitro groups is 1. The van der Waals surface area contributed by atoms with Crippen LogP contribution in [0, 0.1) is 10.1 Å². The van der Waals surface area contributed by atoms with E-state index < -0.39 is 26.7 Å². The van der Waals surface area contributed by atoms with Crippen molar-refractivity contribution in [1.29, 1.82) is 0 Å². The van der Waals surface area contributed by atoms with Gasteiger partial charge in [0.05, 0.1) is 22.5 Å². The van der Waals surface area contributed by atoms with Crippen molar-refractivity contribution in [3.8, 4) is 0 Å². The van der Waals surface area contributed by atoms with Gasteiger partial charge in [0.15, 0.2) is 0 Å². The number of nitrogens with zero attached hydrogens (tertiary/aromatic N) is 2. The molecule has 24 heavy (non-hydrogen) atoms. The van der Waals surface area contributed by atoms with Gasteiger partial charge in [0.1, 0.15) is 5.69 Å². The van der Waals surface area contributed by atoms with Crippen molar-refractivity contribution in [2.24, 2.45) is 5.14 Å². The summed E-state index contributed by atoms with van der Waals surface area (Å²) in [5.74, 6) is -0.258. The van der Waals surface area contributed by atoms with Gasteiger partial charge >= 0.3 is 0 Å². The Bertz CT molecular complexity index is 743. The number of nitrogens with two attached hydrogens (primary N) is 1. The van der Waals surface area contributed by atoms with E-state index >= 15 is 0 Å². The monoisotopic (exact) mass is 358 g/mol. The summed E-state index contributed by atoms with van der Waals surface area (Å²) in [5.41, 5.74) is -0.457. The number of piperidine rings is 1. The Morgan fingerprint density at radius 1 is 1.42 bits per heavy atom. The Labute approximate surface area is 138 Å². The number of carbonyl (C=O) groups excluding carboxylic acids is 1. The number of nitrogens with one attached hydrogen (secondary N) is 1. The van der Waals surface area contributed by atoms with Crippen molar-refractivity contribution in [2.75, 3.05) is 25.0 Å². The van der Waals surface area contributed by atoms with Gasteiger partial charge in [-0.2, -0.15) is 0 Å². The zero-order valence-corrected chi connectivity index (χ0v) is 13.5. The number of hydrogen-bond acceptors (Lipinski definition) is 7. The molecule has 1 aromatic rings. The van der Waals surface area contributed by atoms with E-state index in [2.05, 4.69) is 5.32 Å². The number of aliphatic hydroxyl groups is 1. The van der Waals surface area contributed by atoms with Crippen molar-refractivity contribution >= 4 is 27.3 Å². The van der Waals surface area contributed by atoms with Crippen molar-refractivity contribution in [1.82, 2.24) is 4.90 Å². The summed E-state index contributed by atoms with van der Waals surface area (Å²) >= 11 is 0. The highest BCUT2D eigenvalue weighted by atomic mass is 32.2. The first-order chi connectivity index (χ1) is 11.2. The minimum atomic E-state index is -4.06. The molecule has 1 aliphatic heterocycles. The largest absolute Gasteiger partial charge is 0.393 e. The second-order valence-corrected chi connectivity index (χ2v) is 7.01. The van der Waals surface area contributed by atoms with Gasteiger partial charge in [-0.3, -0.25) is 14.9 Å². The maximum absolute atomic E-state index is 12.1. The number of benzene rings is 1. The first kappa shape index (κ1) is 18.1. The van der Waals surface area contributed by atoms with Crippen LogP contribution in [0.5, 0.6) is 0 Å². The summed E-state index contributed by atoms with van der Waals surface area (Å²) in [6.07, 6.45) is 0.581. The Morgan fingerprint density at radius 2 is 2.04 bits per heavy atom. The Hall–Kier alpha value is -2.24. The topological polar surface area (TPSA) is 156 Å². The summed E-state index contributed by atoms with van der Waals surface area (Å²) in [6, 6.07) is 3.18. The molecule has 0 atom stereocenters. The zero-order chi connectivity index (χ0) is 17.9. The van der Waals surface area contributed by atoms with E-state index in [1.165, 1.54) is 6.07 Å². The second-order valence-electron chi connectivity index (χ2n) is 5.45. The van der Waals surface area contributed by atoms with Gasteiger partial charge in [0, 0.05) is 19.2 Å². The molecule has 1 fully saturated rings. The molecule has 0 spiro atoms. The molecule has 4 N–H and O–H groups in total. The predicted octanol–water partition coefficient (Wildman–Crippen LogP) is -0.363. The third-order valence-electron chi connectivity index (χ3n) is 3.74. The molecular weight excluding hydrogens is 340 g/mol. The van der Waals surface area contributed by atoms with Gasteiger partial charge in [0.2, 0.25) is 15.9 Å². The highest BCUT2D eigenvalue weighted by molar-refractivity contribution is 7.89. The summed E-state index contributed by atoms with van der Waals surface area (Å²) in [5, 5.41) is 28.1. The second kappa shape index (κ2) is 7.11. The molecule has 2 rings (SSSR count). The zero-order valence-electron chi connectivity index (χ0n) is 12.7. The van der Waals surface area contributed by atoms with Crippen LogP contribution in [0.4, 0.5) is 11.4 Å². The van der Waals surface area contributed by atoms with Crippen molar-refractivity contribution in [2.45, 2.75) is 23.8 Å². The average Bonchev–Trinajstić information content (AvgIpc) is 2.52. The smallest absolute Gasteiger partial charge is 0.293 e. The molecule has 1 aromatic carbocycles. The van der Waals surface area contributed by atoms with Crippen LogP contribution >= 0.6 is 0 Å². The standard InChI is InChI=1S/C13H18N4O6S/c14-24(22,23)10-1-2-11(12(7-10)17(20)21)15-8-13(19)16-5-3-9(18)4-6-16/h1-2,7,9,15,18H,3-6,8H2,(H2,14,22,23). The Kier molecular flexibility index (Phi) is 5.36. The normalized spacial score (nSPS) is 16.0. The number of carbonyl (C=O) groups is 1. The van der Waals surface area contributed by atoms with E-state index in [1.807, 2.05) is 0 Å². The lowest BCUT2D eigenvalue weighted by Gasteiger charge is -2.29. The molecule has 1 aliphatic rings. The van der Waals surface area contributed by atoms with Gasteiger partial charge in [-0.1, -0.05) is 0 Å². The van der Waals surface area contributed by atoms with Gasteiger partial charge < -0.3 is 15.3 Å². The molecule has 0 bridgehead atoms. The summed E-state index contributed by atoms with van der Waals surface area (Å²) in [6.45, 7) is 0.675. The highest BCUT2D eigenvalue weighted by Crippen LogP contribution is 2.27. The molecule has 0 radical (unpaired) electrons. The number of rotatable bonds is 5. The third kappa shape index (κ3) is 4.40. The quantitative estimate of drug-likeness (QED) is 0.479. The van der Waals surface area contributed by atoms with E-state index in [4.69, 9.17) is 5.14 Å². The summed E-state index contributed by atoms with van der Waals surface area (Å²) in [4.78, 5) is 23.6. The number of amides is 1. The molecule has 0 aliphatic carbocycles. The maximum atomic E-state index is 12.1. The molecule has 0 unspecified atom stereocenters. The first-order valence-corrected chi connectivity index (χ1v) is 8.74. The van der Waals surface area contributed by atoms with Crippen LogP contribution < -0.4 is 10.5 Å². The number of nitro benzene ring substituents is 1. The average molecular weight is 358 g/mol. The van der Waals surface area contributed by atoms with Crippen LogP contribution in [-0.4, -0.2) is 55.0 Å². The molecule has 132 valence electrons. The van der Waals surface area contributed by atoms with E-state index in [1.54, 1.807) is 4.90 Å². The maximum Gasteiger partial charge on any atom is 0.293 e. The van der Waals surface area contributed by atoms with Crippen LogP contribution in [-0.2, 0) is 14.8 Å². The van der Waals surface area contributed by atoms with Crippen LogP contribution in [0.15, 0.2) is 23.1 Å². The number of aliphatic hydroxyl groups excluding tert-OH is 1. The molecule has 0 aromatic heterocycles. The van der Waals surface area contributed by atoms with Crippen molar-refractivity contribution in [3.05, 3.63) is 28.3 Å². The lowest BCUT2D eigenvalue weighted by molar-refractivity contribution is -0.384. The predicted molar refractivity (Wildman–Crippen MR) is 84.8 cm³/mol. The summed E-state index contributed by atoms with van der Waals surface area (Å²) < 4.78 is 22.5. The van der Waals surface area contributed by atoms with Gasteiger partial charge in [-0.05, 0) is 25.0 Å². The van der Waals surface area contributed by atoms with E-state index in [-0.39, 0.29) is 23.0 Å². The molecule has 11 heteroatoms. The van der Waals surface area contributed by atoms with E-state index in [9.17, 15) is 28.4 Å². The van der Waals surface area contributed by atoms with Gasteiger partial charge in [0.25, 0.3) is 5.69 Å². The van der Waals surface area contributed by atoms with E-state index in [0.717, 1.165) is 12.1 Å². The SMILES string of the molecule is NS(=O)(=O)c1ccc(NCC(=O)N2CCC(O)CC2)c([N+](=O)[O-])c1. The number of likely N-dealkylation sites (tertiary alicyclic amines) is 1. The molecule has 0 saturated carbocycles. The van der Waals surface area contributed by atoms with Crippen LogP contribution in [0.2, 0.25) is 0 Å². The molecule has 1 saturated heterocycles. The van der Waals surface area contributed by atoms with Crippen LogP contribution in [0.25, 0.3) is 0 Å². The number of primary sulfonamides is 1. The number of sulfonamides is 1. The molecule has 10 nitrogen and oxygen atoms in total. The third-order valence-corrected chi connectivity index (χ3v) is 4.65. The van der Waals surface area contributed by atoms with Gasteiger partial charge in [-0.15, -0.1) is 0 Å². The van der Waals surface area contributed by atoms with Crippen LogP contribution in [0.3, 0.4) is 0 Å². The van der Waals surface area contributed by atoms with Crippen molar-refractivity contribution in [3.63, 3.8) is 0 Å². The first-order valence-electron chi connectivity index (χ1n) is 7.19.